The first kappa shape index (κ1) is 8.02. The normalized spacial score (nSPS) is 34.2. The van der Waals surface area contributed by atoms with Crippen molar-refractivity contribution in [2.45, 2.75) is 38.9 Å². The molecule has 1 fully saturated rings. The summed E-state index contributed by atoms with van der Waals surface area (Å²) in [5.41, 5.74) is 0. The van der Waals surface area contributed by atoms with Crippen molar-refractivity contribution in [3.8, 4) is 0 Å². The first-order valence-electron chi connectivity index (χ1n) is 4.23. The molecule has 0 saturated carbocycles. The molecular weight excluding hydrogens is 126 g/mol. The van der Waals surface area contributed by atoms with Gasteiger partial charge < -0.3 is 10.1 Å². The van der Waals surface area contributed by atoms with Crippen molar-refractivity contribution < 1.29 is 4.74 Å². The molecule has 0 aromatic heterocycles. The van der Waals surface area contributed by atoms with E-state index in [1.165, 1.54) is 0 Å². The number of hydrogen-bond donors (Lipinski definition) is 1. The van der Waals surface area contributed by atoms with Crippen molar-refractivity contribution in [1.29, 1.82) is 0 Å². The van der Waals surface area contributed by atoms with Crippen LogP contribution in [0.4, 0.5) is 0 Å². The van der Waals surface area contributed by atoms with Gasteiger partial charge in [0, 0.05) is 13.1 Å². The monoisotopic (exact) mass is 143 g/mol. The number of hydrogen-bond acceptors (Lipinski definition) is 2. The van der Waals surface area contributed by atoms with E-state index in [1.54, 1.807) is 0 Å². The molecule has 10 heavy (non-hydrogen) atoms. The summed E-state index contributed by atoms with van der Waals surface area (Å²) in [6, 6.07) is 0. The van der Waals surface area contributed by atoms with Crippen LogP contribution in [0, 0.1) is 0 Å². The Bertz CT molecular complexity index is 85.3. The minimum Gasteiger partial charge on any atom is -0.372 e. The zero-order chi connectivity index (χ0) is 7.40. The highest BCUT2D eigenvalue weighted by molar-refractivity contribution is 4.71. The Morgan fingerprint density at radius 2 is 1.70 bits per heavy atom. The smallest absolute Gasteiger partial charge is 0.0701 e. The molecule has 1 aliphatic heterocycles. The van der Waals surface area contributed by atoms with Gasteiger partial charge in [0.05, 0.1) is 12.2 Å². The maximum absolute atomic E-state index is 5.72. The molecule has 0 spiro atoms. The minimum absolute atomic E-state index is 0.457. The Morgan fingerprint density at radius 1 is 1.20 bits per heavy atom. The topological polar surface area (TPSA) is 21.3 Å². The third-order valence-electron chi connectivity index (χ3n) is 2.04. The Balaban J connectivity index is 2.25. The summed E-state index contributed by atoms with van der Waals surface area (Å²) in [5.74, 6) is 0. The zero-order valence-corrected chi connectivity index (χ0v) is 6.89. The van der Waals surface area contributed by atoms with E-state index in [2.05, 4.69) is 19.2 Å². The second kappa shape index (κ2) is 3.94. The van der Waals surface area contributed by atoms with E-state index in [1.807, 2.05) is 0 Å². The maximum atomic E-state index is 5.72. The van der Waals surface area contributed by atoms with Crippen LogP contribution in [-0.2, 0) is 4.74 Å². The van der Waals surface area contributed by atoms with Gasteiger partial charge in [-0.2, -0.15) is 0 Å². The van der Waals surface area contributed by atoms with E-state index in [0.717, 1.165) is 25.9 Å². The highest BCUT2D eigenvalue weighted by atomic mass is 16.5. The van der Waals surface area contributed by atoms with E-state index in [9.17, 15) is 0 Å². The Hall–Kier alpha value is -0.0800. The van der Waals surface area contributed by atoms with Gasteiger partial charge in [-0.15, -0.1) is 0 Å². The van der Waals surface area contributed by atoms with Crippen molar-refractivity contribution in [2.24, 2.45) is 0 Å². The standard InChI is InChI=1S/C8H17NO/c1-3-7-5-9-6-8(4-2)10-7/h7-9H,3-6H2,1-2H3/t7-,8-/m0/s1. The van der Waals surface area contributed by atoms with Crippen LogP contribution in [0.25, 0.3) is 0 Å². The molecule has 1 N–H and O–H groups in total. The van der Waals surface area contributed by atoms with Gasteiger partial charge in [-0.25, -0.2) is 0 Å². The van der Waals surface area contributed by atoms with Crippen molar-refractivity contribution in [1.82, 2.24) is 5.32 Å². The quantitative estimate of drug-likeness (QED) is 0.626. The Kier molecular flexibility index (Phi) is 3.16. The van der Waals surface area contributed by atoms with Crippen LogP contribution in [-0.4, -0.2) is 25.3 Å². The number of rotatable bonds is 2. The summed E-state index contributed by atoms with van der Waals surface area (Å²) in [5, 5.41) is 3.36. The van der Waals surface area contributed by atoms with Gasteiger partial charge in [-0.05, 0) is 12.8 Å². The zero-order valence-electron chi connectivity index (χ0n) is 6.89. The molecule has 0 unspecified atom stereocenters. The summed E-state index contributed by atoms with van der Waals surface area (Å²) < 4.78 is 5.72. The molecule has 0 amide bonds. The molecule has 1 aliphatic rings. The number of nitrogens with one attached hydrogen (secondary N) is 1. The van der Waals surface area contributed by atoms with Gasteiger partial charge in [-0.3, -0.25) is 0 Å². The largest absolute Gasteiger partial charge is 0.372 e. The Morgan fingerprint density at radius 3 is 2.10 bits per heavy atom. The first-order valence-corrected chi connectivity index (χ1v) is 4.23. The fraction of sp³-hybridized carbons (Fsp3) is 1.00. The lowest BCUT2D eigenvalue weighted by Crippen LogP contribution is -2.44. The summed E-state index contributed by atoms with van der Waals surface area (Å²) in [4.78, 5) is 0. The molecule has 1 rings (SSSR count). The number of ether oxygens (including phenoxy) is 1. The van der Waals surface area contributed by atoms with Gasteiger partial charge in [0.2, 0.25) is 0 Å². The molecule has 1 heterocycles. The van der Waals surface area contributed by atoms with Gasteiger partial charge >= 0.3 is 0 Å². The fourth-order valence-electron chi connectivity index (χ4n) is 1.25. The van der Waals surface area contributed by atoms with E-state index >= 15 is 0 Å². The second-order valence-electron chi connectivity index (χ2n) is 2.85. The van der Waals surface area contributed by atoms with Crippen molar-refractivity contribution in [3.05, 3.63) is 0 Å². The SMILES string of the molecule is CC[C@H]1CNC[C@H](CC)O1. The minimum atomic E-state index is 0.457. The maximum Gasteiger partial charge on any atom is 0.0701 e. The second-order valence-corrected chi connectivity index (χ2v) is 2.85. The van der Waals surface area contributed by atoms with Crippen molar-refractivity contribution >= 4 is 0 Å². The highest BCUT2D eigenvalue weighted by Gasteiger charge is 2.18. The molecule has 2 heteroatoms. The van der Waals surface area contributed by atoms with E-state index in [4.69, 9.17) is 4.74 Å². The molecule has 2 nitrogen and oxygen atoms in total. The number of morpholine rings is 1. The molecule has 1 saturated heterocycles. The summed E-state index contributed by atoms with van der Waals surface area (Å²) >= 11 is 0. The molecule has 0 aromatic carbocycles. The van der Waals surface area contributed by atoms with Gasteiger partial charge in [0.25, 0.3) is 0 Å². The molecule has 2 atom stereocenters. The first-order chi connectivity index (χ1) is 4.86. The van der Waals surface area contributed by atoms with Crippen LogP contribution in [0.2, 0.25) is 0 Å². The lowest BCUT2D eigenvalue weighted by atomic mass is 10.2. The van der Waals surface area contributed by atoms with Crippen molar-refractivity contribution in [3.63, 3.8) is 0 Å². The van der Waals surface area contributed by atoms with Crippen LogP contribution in [0.1, 0.15) is 26.7 Å². The average Bonchev–Trinajstić information content (AvgIpc) is 2.05. The molecule has 0 bridgehead atoms. The molecule has 0 aromatic rings. The predicted molar refractivity (Wildman–Crippen MR) is 42.1 cm³/mol. The highest BCUT2D eigenvalue weighted by Crippen LogP contribution is 2.08. The van der Waals surface area contributed by atoms with Gasteiger partial charge in [0.15, 0.2) is 0 Å². The summed E-state index contributed by atoms with van der Waals surface area (Å²) in [7, 11) is 0. The van der Waals surface area contributed by atoms with Crippen LogP contribution in [0.15, 0.2) is 0 Å². The van der Waals surface area contributed by atoms with E-state index in [-0.39, 0.29) is 0 Å². The van der Waals surface area contributed by atoms with Crippen molar-refractivity contribution in [2.75, 3.05) is 13.1 Å². The predicted octanol–water partition coefficient (Wildman–Crippen LogP) is 1.16. The lowest BCUT2D eigenvalue weighted by molar-refractivity contribution is -0.0393. The third-order valence-corrected chi connectivity index (χ3v) is 2.04. The average molecular weight is 143 g/mol. The van der Waals surface area contributed by atoms with Crippen LogP contribution in [0.5, 0.6) is 0 Å². The lowest BCUT2D eigenvalue weighted by Gasteiger charge is -2.29. The molecule has 0 radical (unpaired) electrons. The molecule has 60 valence electrons. The van der Waals surface area contributed by atoms with Crippen LogP contribution >= 0.6 is 0 Å². The Labute approximate surface area is 63.0 Å². The molecule has 0 aliphatic carbocycles. The third kappa shape index (κ3) is 1.96. The van der Waals surface area contributed by atoms with Gasteiger partial charge in [-0.1, -0.05) is 13.8 Å². The van der Waals surface area contributed by atoms with E-state index in [0.29, 0.717) is 12.2 Å². The summed E-state index contributed by atoms with van der Waals surface area (Å²) in [6.07, 6.45) is 3.17. The van der Waals surface area contributed by atoms with Gasteiger partial charge in [0.1, 0.15) is 0 Å². The van der Waals surface area contributed by atoms with Crippen LogP contribution < -0.4 is 5.32 Å². The summed E-state index contributed by atoms with van der Waals surface area (Å²) in [6.45, 7) is 6.41. The fourth-order valence-corrected chi connectivity index (χ4v) is 1.25. The molecular formula is C8H17NO. The van der Waals surface area contributed by atoms with E-state index < -0.39 is 0 Å². The van der Waals surface area contributed by atoms with Crippen LogP contribution in [0.3, 0.4) is 0 Å².